The Labute approximate surface area is 198 Å². The fourth-order valence-corrected chi connectivity index (χ4v) is 4.79. The Kier molecular flexibility index (Phi) is 6.16. The molecule has 33 heavy (non-hydrogen) atoms. The second-order valence-corrected chi connectivity index (χ2v) is 8.61. The molecule has 6 heteroatoms. The Balaban J connectivity index is 1.46. The molecular formula is C27H28ClN2O3+. The number of rotatable bonds is 7. The molecule has 1 aromatic heterocycles. The van der Waals surface area contributed by atoms with Gasteiger partial charge in [0.1, 0.15) is 12.4 Å². The normalized spacial score (nSPS) is 15.3. The van der Waals surface area contributed by atoms with E-state index >= 15 is 0 Å². The van der Waals surface area contributed by atoms with E-state index in [1.807, 2.05) is 43.3 Å². The topological polar surface area (TPSA) is 60.1 Å². The van der Waals surface area contributed by atoms with Gasteiger partial charge in [0.15, 0.2) is 17.5 Å². The third-order valence-electron chi connectivity index (χ3n) is 6.22. The second-order valence-electron chi connectivity index (χ2n) is 8.20. The molecule has 0 spiro atoms. The largest absolute Gasteiger partial charge is 0.497 e. The Hall–Kier alpha value is -3.15. The SMILES string of the molecule is CCOc1cc([C@@H]2[NH2+]CCc3c2[nH]c2ccc(OC)cc32)ccc1OCc1ccccc1Cl. The predicted octanol–water partition coefficient (Wildman–Crippen LogP) is 5.02. The van der Waals surface area contributed by atoms with Gasteiger partial charge < -0.3 is 24.5 Å². The zero-order chi connectivity index (χ0) is 22.8. The number of hydrogen-bond donors (Lipinski definition) is 2. The van der Waals surface area contributed by atoms with Crippen molar-refractivity contribution in [2.45, 2.75) is 26.0 Å². The lowest BCUT2D eigenvalue weighted by atomic mass is 9.94. The highest BCUT2D eigenvalue weighted by molar-refractivity contribution is 6.31. The monoisotopic (exact) mass is 463 g/mol. The Morgan fingerprint density at radius 3 is 2.73 bits per heavy atom. The van der Waals surface area contributed by atoms with Gasteiger partial charge in [0.25, 0.3) is 0 Å². The van der Waals surface area contributed by atoms with Gasteiger partial charge in [-0.1, -0.05) is 29.8 Å². The van der Waals surface area contributed by atoms with E-state index in [4.69, 9.17) is 25.8 Å². The first-order chi connectivity index (χ1) is 16.2. The van der Waals surface area contributed by atoms with E-state index in [9.17, 15) is 0 Å². The summed E-state index contributed by atoms with van der Waals surface area (Å²) in [5.41, 5.74) is 5.89. The van der Waals surface area contributed by atoms with Gasteiger partial charge in [-0.3, -0.25) is 0 Å². The molecule has 3 N–H and O–H groups in total. The van der Waals surface area contributed by atoms with Crippen molar-refractivity contribution in [3.63, 3.8) is 0 Å². The maximum absolute atomic E-state index is 6.29. The molecule has 0 fully saturated rings. The summed E-state index contributed by atoms with van der Waals surface area (Å²) < 4.78 is 17.5. The first-order valence-electron chi connectivity index (χ1n) is 11.3. The molecule has 2 heterocycles. The molecule has 0 bridgehead atoms. The molecule has 3 aromatic carbocycles. The van der Waals surface area contributed by atoms with Crippen molar-refractivity contribution in [1.82, 2.24) is 4.98 Å². The van der Waals surface area contributed by atoms with Crippen LogP contribution in [0.3, 0.4) is 0 Å². The molecule has 0 saturated carbocycles. The van der Waals surface area contributed by atoms with Crippen LogP contribution in [0, 0.1) is 0 Å². The van der Waals surface area contributed by atoms with Crippen molar-refractivity contribution >= 4 is 22.5 Å². The second kappa shape index (κ2) is 9.38. The average Bonchev–Trinajstić information content (AvgIpc) is 3.22. The summed E-state index contributed by atoms with van der Waals surface area (Å²) in [5, 5.41) is 4.32. The highest BCUT2D eigenvalue weighted by atomic mass is 35.5. The molecule has 1 aliphatic rings. The van der Waals surface area contributed by atoms with E-state index in [0.717, 1.165) is 41.3 Å². The molecule has 5 nitrogen and oxygen atoms in total. The van der Waals surface area contributed by atoms with Gasteiger partial charge in [0.05, 0.1) is 26.0 Å². The molecule has 0 aliphatic carbocycles. The smallest absolute Gasteiger partial charge is 0.161 e. The minimum Gasteiger partial charge on any atom is -0.497 e. The maximum atomic E-state index is 6.29. The first-order valence-corrected chi connectivity index (χ1v) is 11.7. The number of halogens is 1. The van der Waals surface area contributed by atoms with Crippen molar-refractivity contribution in [1.29, 1.82) is 0 Å². The summed E-state index contributed by atoms with van der Waals surface area (Å²) in [5.74, 6) is 2.35. The van der Waals surface area contributed by atoms with Crippen molar-refractivity contribution in [3.05, 3.63) is 88.1 Å². The molecule has 0 radical (unpaired) electrons. The lowest BCUT2D eigenvalue weighted by Crippen LogP contribution is -2.87. The third-order valence-corrected chi connectivity index (χ3v) is 6.59. The van der Waals surface area contributed by atoms with Crippen molar-refractivity contribution in [3.8, 4) is 17.2 Å². The van der Waals surface area contributed by atoms with Crippen LogP contribution in [0.1, 0.15) is 35.3 Å². The van der Waals surface area contributed by atoms with E-state index in [-0.39, 0.29) is 6.04 Å². The third kappa shape index (κ3) is 4.26. The number of nitrogens with one attached hydrogen (secondary N) is 1. The van der Waals surface area contributed by atoms with Crippen LogP contribution in [-0.2, 0) is 13.0 Å². The predicted molar refractivity (Wildman–Crippen MR) is 131 cm³/mol. The van der Waals surface area contributed by atoms with Crippen molar-refractivity contribution in [2.24, 2.45) is 0 Å². The molecule has 0 unspecified atom stereocenters. The number of hydrogen-bond acceptors (Lipinski definition) is 3. The minimum atomic E-state index is 0.170. The van der Waals surface area contributed by atoms with Crippen LogP contribution in [0.25, 0.3) is 10.9 Å². The number of nitrogens with two attached hydrogens (primary N) is 1. The molecule has 170 valence electrons. The van der Waals surface area contributed by atoms with Gasteiger partial charge in [-0.05, 0) is 55.0 Å². The molecule has 1 atom stereocenters. The van der Waals surface area contributed by atoms with E-state index in [2.05, 4.69) is 34.6 Å². The summed E-state index contributed by atoms with van der Waals surface area (Å²) in [7, 11) is 1.71. The van der Waals surface area contributed by atoms with Crippen LogP contribution in [-0.4, -0.2) is 25.2 Å². The standard InChI is InChI=1S/C27H27ClN2O3/c1-3-32-25-14-17(8-11-24(25)33-16-18-6-4-5-7-22(18)28)26-27-20(12-13-29-26)21-15-19(31-2)9-10-23(21)30-27/h4-11,14-15,26,29-30H,3,12-13,16H2,1-2H3/p+1/t26-/m0/s1. The fraction of sp³-hybridized carbons (Fsp3) is 0.259. The van der Waals surface area contributed by atoms with Crippen LogP contribution in [0.2, 0.25) is 5.02 Å². The Morgan fingerprint density at radius 1 is 1.03 bits per heavy atom. The van der Waals surface area contributed by atoms with Crippen molar-refractivity contribution < 1.29 is 19.5 Å². The number of fused-ring (bicyclic) bond motifs is 3. The van der Waals surface area contributed by atoms with E-state index in [1.54, 1.807) is 7.11 Å². The van der Waals surface area contributed by atoms with Crippen LogP contribution in [0.4, 0.5) is 0 Å². The van der Waals surface area contributed by atoms with Gasteiger partial charge in [-0.2, -0.15) is 0 Å². The zero-order valence-corrected chi connectivity index (χ0v) is 19.6. The van der Waals surface area contributed by atoms with Crippen LogP contribution >= 0.6 is 11.6 Å². The first kappa shape index (κ1) is 21.7. The van der Waals surface area contributed by atoms with Gasteiger partial charge in [-0.25, -0.2) is 0 Å². The molecule has 5 rings (SSSR count). The summed E-state index contributed by atoms with van der Waals surface area (Å²) in [6.07, 6.45) is 1.02. The lowest BCUT2D eigenvalue weighted by Gasteiger charge is -2.22. The summed E-state index contributed by atoms with van der Waals surface area (Å²) in [6.45, 7) is 3.97. The van der Waals surface area contributed by atoms with Gasteiger partial charge in [0.2, 0.25) is 0 Å². The summed E-state index contributed by atoms with van der Waals surface area (Å²) in [4.78, 5) is 3.66. The molecule has 1 aliphatic heterocycles. The quantitative estimate of drug-likeness (QED) is 0.404. The van der Waals surface area contributed by atoms with E-state index < -0.39 is 0 Å². The highest BCUT2D eigenvalue weighted by Gasteiger charge is 2.29. The van der Waals surface area contributed by atoms with Gasteiger partial charge in [-0.15, -0.1) is 0 Å². The van der Waals surface area contributed by atoms with Crippen LogP contribution in [0.5, 0.6) is 17.2 Å². The van der Waals surface area contributed by atoms with Crippen LogP contribution < -0.4 is 19.5 Å². The summed E-state index contributed by atoms with van der Waals surface area (Å²) in [6, 6.07) is 20.4. The molecular weight excluding hydrogens is 436 g/mol. The minimum absolute atomic E-state index is 0.170. The number of benzene rings is 3. The van der Waals surface area contributed by atoms with Crippen LogP contribution in [0.15, 0.2) is 60.7 Å². The number of methoxy groups -OCH3 is 1. The van der Waals surface area contributed by atoms with Gasteiger partial charge in [0, 0.05) is 33.5 Å². The number of aromatic nitrogens is 1. The van der Waals surface area contributed by atoms with Gasteiger partial charge >= 0.3 is 0 Å². The maximum Gasteiger partial charge on any atom is 0.161 e. The fourth-order valence-electron chi connectivity index (χ4n) is 4.60. The van der Waals surface area contributed by atoms with E-state index in [0.29, 0.717) is 18.2 Å². The number of quaternary nitrogens is 1. The van der Waals surface area contributed by atoms with Crippen molar-refractivity contribution in [2.75, 3.05) is 20.3 Å². The molecule has 0 amide bonds. The number of H-pyrrole nitrogens is 1. The average molecular weight is 464 g/mol. The number of aromatic amines is 1. The summed E-state index contributed by atoms with van der Waals surface area (Å²) >= 11 is 6.29. The Bertz CT molecular complexity index is 1280. The Morgan fingerprint density at radius 2 is 1.91 bits per heavy atom. The lowest BCUT2D eigenvalue weighted by molar-refractivity contribution is -0.690. The zero-order valence-electron chi connectivity index (χ0n) is 18.9. The molecule has 4 aromatic rings. The number of ether oxygens (including phenoxy) is 3. The molecule has 0 saturated heterocycles. The highest BCUT2D eigenvalue weighted by Crippen LogP contribution is 2.36. The van der Waals surface area contributed by atoms with E-state index in [1.165, 1.54) is 22.2 Å².